The minimum Gasteiger partial charge on any atom is -0.320 e. The van der Waals surface area contributed by atoms with Gasteiger partial charge in [0.1, 0.15) is 0 Å². The van der Waals surface area contributed by atoms with Crippen LogP contribution in [-0.4, -0.2) is 17.7 Å². The summed E-state index contributed by atoms with van der Waals surface area (Å²) in [6, 6.07) is 11.6. The maximum atomic E-state index is 13.2. The number of anilines is 2. The van der Waals surface area contributed by atoms with Gasteiger partial charge >= 0.3 is 0 Å². The lowest BCUT2D eigenvalue weighted by Crippen LogP contribution is -2.33. The zero-order valence-electron chi connectivity index (χ0n) is 15.1. The van der Waals surface area contributed by atoms with Gasteiger partial charge in [-0.15, -0.1) is 0 Å². The van der Waals surface area contributed by atoms with Gasteiger partial charge in [-0.3, -0.25) is 14.4 Å². The van der Waals surface area contributed by atoms with Crippen molar-refractivity contribution in [1.82, 2.24) is 0 Å². The third-order valence-corrected chi connectivity index (χ3v) is 6.76. The molecule has 3 amide bonds. The van der Waals surface area contributed by atoms with E-state index < -0.39 is 0 Å². The van der Waals surface area contributed by atoms with Gasteiger partial charge in [0.15, 0.2) is 0 Å². The van der Waals surface area contributed by atoms with Crippen LogP contribution in [0.5, 0.6) is 0 Å². The summed E-state index contributed by atoms with van der Waals surface area (Å²) in [5, 5.41) is 3.20. The standard InChI is InChI=1S/C22H16Cl2N2O3/c23-14-9-16(25-20(27)11-4-2-1-3-5-11)17(10-15(14)24)26-21(28)18-12-6-7-13(8-12)19(18)22(26)29/h1-7,9-10,12-13,18-19H,8H2,(H,25,27)/t12?,13?,18-,19+. The Morgan fingerprint density at radius 3 is 2.14 bits per heavy atom. The number of fused-ring (bicyclic) bond motifs is 5. The fraction of sp³-hybridized carbons (Fsp3) is 0.227. The molecule has 0 aromatic heterocycles. The van der Waals surface area contributed by atoms with Gasteiger partial charge in [0.25, 0.3) is 5.91 Å². The van der Waals surface area contributed by atoms with E-state index in [4.69, 9.17) is 23.2 Å². The molecule has 1 N–H and O–H groups in total. The van der Waals surface area contributed by atoms with Crippen LogP contribution in [0.2, 0.25) is 10.0 Å². The number of nitrogens with one attached hydrogen (secondary N) is 1. The summed E-state index contributed by atoms with van der Waals surface area (Å²) in [5.74, 6) is -1.36. The maximum Gasteiger partial charge on any atom is 0.255 e. The van der Waals surface area contributed by atoms with Crippen molar-refractivity contribution >= 4 is 52.3 Å². The quantitative estimate of drug-likeness (QED) is 0.577. The first-order valence-corrected chi connectivity index (χ1v) is 10.1. The fourth-order valence-corrected chi connectivity index (χ4v) is 5.07. The molecule has 5 nitrogen and oxygen atoms in total. The molecule has 2 aliphatic carbocycles. The number of hydrogen-bond acceptors (Lipinski definition) is 3. The van der Waals surface area contributed by atoms with Gasteiger partial charge in [0, 0.05) is 5.56 Å². The van der Waals surface area contributed by atoms with Crippen LogP contribution in [0.3, 0.4) is 0 Å². The van der Waals surface area contributed by atoms with Crippen LogP contribution in [0, 0.1) is 23.7 Å². The molecular formula is C22H16Cl2N2O3. The van der Waals surface area contributed by atoms with Crippen molar-refractivity contribution in [2.24, 2.45) is 23.7 Å². The first kappa shape index (κ1) is 18.4. The van der Waals surface area contributed by atoms with E-state index in [1.54, 1.807) is 24.3 Å². The van der Waals surface area contributed by atoms with E-state index in [9.17, 15) is 14.4 Å². The van der Waals surface area contributed by atoms with E-state index in [-0.39, 0.29) is 62.8 Å². The number of halogens is 2. The number of hydrogen-bond donors (Lipinski definition) is 1. The summed E-state index contributed by atoms with van der Waals surface area (Å²) >= 11 is 12.4. The van der Waals surface area contributed by atoms with Crippen molar-refractivity contribution in [1.29, 1.82) is 0 Å². The third kappa shape index (κ3) is 2.80. The molecule has 2 bridgehead atoms. The predicted molar refractivity (Wildman–Crippen MR) is 111 cm³/mol. The van der Waals surface area contributed by atoms with Crippen molar-refractivity contribution < 1.29 is 14.4 Å². The van der Waals surface area contributed by atoms with Gasteiger partial charge in [-0.1, -0.05) is 53.6 Å². The van der Waals surface area contributed by atoms with Crippen molar-refractivity contribution in [3.8, 4) is 0 Å². The number of rotatable bonds is 3. The van der Waals surface area contributed by atoms with E-state index in [0.717, 1.165) is 6.42 Å². The minimum absolute atomic E-state index is 0.0941. The predicted octanol–water partition coefficient (Wildman–Crippen LogP) is 4.56. The molecule has 1 heterocycles. The van der Waals surface area contributed by atoms with E-state index in [1.165, 1.54) is 17.0 Å². The number of allylic oxidation sites excluding steroid dienone is 2. The second-order valence-electron chi connectivity index (χ2n) is 7.62. The summed E-state index contributed by atoms with van der Waals surface area (Å²) in [6.45, 7) is 0. The van der Waals surface area contributed by atoms with Gasteiger partial charge in [-0.2, -0.15) is 0 Å². The van der Waals surface area contributed by atoms with E-state index >= 15 is 0 Å². The lowest BCUT2D eigenvalue weighted by atomic mass is 9.85. The van der Waals surface area contributed by atoms with Crippen LogP contribution in [0.1, 0.15) is 16.8 Å². The Morgan fingerprint density at radius 2 is 1.52 bits per heavy atom. The SMILES string of the molecule is O=C(Nc1cc(Cl)c(Cl)cc1N1C(=O)[C@@H]2C3C=CC(C3)[C@@H]2C1=O)c1ccccc1. The summed E-state index contributed by atoms with van der Waals surface area (Å²) in [7, 11) is 0. The Kier molecular flexibility index (Phi) is 4.26. The highest BCUT2D eigenvalue weighted by Gasteiger charge is 2.59. The molecule has 1 aliphatic heterocycles. The molecule has 2 aromatic carbocycles. The van der Waals surface area contributed by atoms with Crippen LogP contribution in [0.25, 0.3) is 0 Å². The Balaban J connectivity index is 1.54. The Bertz CT molecular complexity index is 1050. The fourth-order valence-electron chi connectivity index (χ4n) is 4.75. The maximum absolute atomic E-state index is 13.2. The molecule has 0 spiro atoms. The largest absolute Gasteiger partial charge is 0.320 e. The lowest BCUT2D eigenvalue weighted by molar-refractivity contribution is -0.123. The molecule has 0 radical (unpaired) electrons. The van der Waals surface area contributed by atoms with E-state index in [1.807, 2.05) is 18.2 Å². The molecule has 1 saturated heterocycles. The second kappa shape index (κ2) is 6.71. The topological polar surface area (TPSA) is 66.5 Å². The molecule has 5 rings (SSSR count). The van der Waals surface area contributed by atoms with Crippen molar-refractivity contribution in [3.63, 3.8) is 0 Å². The van der Waals surface area contributed by atoms with E-state index in [0.29, 0.717) is 5.56 Å². The van der Waals surface area contributed by atoms with Crippen LogP contribution in [-0.2, 0) is 9.59 Å². The smallest absolute Gasteiger partial charge is 0.255 e. The normalized spacial score (nSPS) is 26.9. The summed E-state index contributed by atoms with van der Waals surface area (Å²) in [4.78, 5) is 40.2. The molecular weight excluding hydrogens is 411 g/mol. The Hall–Kier alpha value is -2.63. The Morgan fingerprint density at radius 1 is 0.931 bits per heavy atom. The first-order valence-electron chi connectivity index (χ1n) is 9.37. The highest BCUT2D eigenvalue weighted by Crippen LogP contribution is 2.54. The number of amides is 3. The van der Waals surface area contributed by atoms with Crippen LogP contribution < -0.4 is 10.2 Å². The van der Waals surface area contributed by atoms with Gasteiger partial charge in [0.2, 0.25) is 11.8 Å². The number of carbonyl (C=O) groups is 3. The monoisotopic (exact) mass is 426 g/mol. The lowest BCUT2D eigenvalue weighted by Gasteiger charge is -2.21. The zero-order valence-corrected chi connectivity index (χ0v) is 16.7. The molecule has 146 valence electrons. The number of benzene rings is 2. The molecule has 7 heteroatoms. The van der Waals surface area contributed by atoms with Gasteiger partial charge < -0.3 is 5.32 Å². The van der Waals surface area contributed by atoms with Crippen LogP contribution in [0.15, 0.2) is 54.6 Å². The number of carbonyl (C=O) groups excluding carboxylic acids is 3. The van der Waals surface area contributed by atoms with Gasteiger partial charge in [-0.25, -0.2) is 4.90 Å². The van der Waals surface area contributed by atoms with E-state index in [2.05, 4.69) is 5.32 Å². The average Bonchev–Trinajstić information content (AvgIpc) is 3.39. The molecule has 3 aliphatic rings. The highest BCUT2D eigenvalue weighted by atomic mass is 35.5. The number of nitrogens with zero attached hydrogens (tertiary/aromatic N) is 1. The van der Waals surface area contributed by atoms with Crippen molar-refractivity contribution in [2.75, 3.05) is 10.2 Å². The highest BCUT2D eigenvalue weighted by molar-refractivity contribution is 6.43. The summed E-state index contributed by atoms with van der Waals surface area (Å²) in [6.07, 6.45) is 4.92. The molecule has 2 aromatic rings. The van der Waals surface area contributed by atoms with Gasteiger partial charge in [-0.05, 0) is 42.5 Å². The van der Waals surface area contributed by atoms with Crippen molar-refractivity contribution in [3.05, 3.63) is 70.2 Å². The summed E-state index contributed by atoms with van der Waals surface area (Å²) in [5.41, 5.74) is 0.977. The molecule has 4 atom stereocenters. The molecule has 2 unspecified atom stereocenters. The third-order valence-electron chi connectivity index (χ3n) is 6.03. The zero-order chi connectivity index (χ0) is 20.3. The van der Waals surface area contributed by atoms with Crippen LogP contribution >= 0.6 is 23.2 Å². The second-order valence-corrected chi connectivity index (χ2v) is 8.43. The summed E-state index contributed by atoms with van der Waals surface area (Å²) < 4.78 is 0. The minimum atomic E-state index is -0.369. The first-order chi connectivity index (χ1) is 14.0. The van der Waals surface area contributed by atoms with Crippen LogP contribution in [0.4, 0.5) is 11.4 Å². The van der Waals surface area contributed by atoms with Crippen molar-refractivity contribution in [2.45, 2.75) is 6.42 Å². The van der Waals surface area contributed by atoms with Gasteiger partial charge in [0.05, 0.1) is 33.3 Å². The molecule has 1 saturated carbocycles. The molecule has 29 heavy (non-hydrogen) atoms. The molecule has 2 fully saturated rings. The number of imide groups is 1. The Labute approximate surface area is 177 Å². The average molecular weight is 427 g/mol.